The van der Waals surface area contributed by atoms with Crippen LogP contribution in [-0.2, 0) is 9.59 Å². The standard InChI is InChI=1S/C18H26O5/c1-5-6-13(14(16(20)21)17(22)23)15(18(2,3)4)11-7-9-12(19)10-8-11/h7-10,13-15,19H,5-6H2,1-4H3,(H,20,21)(H,22,23). The van der Waals surface area contributed by atoms with E-state index in [1.165, 1.54) is 0 Å². The fourth-order valence-electron chi connectivity index (χ4n) is 3.40. The minimum absolute atomic E-state index is 0.126. The molecule has 3 N–H and O–H groups in total. The summed E-state index contributed by atoms with van der Waals surface area (Å²) in [5.74, 6) is -4.71. The van der Waals surface area contributed by atoms with E-state index in [4.69, 9.17) is 0 Å². The highest BCUT2D eigenvalue weighted by Crippen LogP contribution is 2.46. The highest BCUT2D eigenvalue weighted by molar-refractivity contribution is 5.93. The Hall–Kier alpha value is -2.04. The maximum absolute atomic E-state index is 11.6. The summed E-state index contributed by atoms with van der Waals surface area (Å²) in [4.78, 5) is 23.1. The Morgan fingerprint density at radius 3 is 1.87 bits per heavy atom. The molecule has 23 heavy (non-hydrogen) atoms. The summed E-state index contributed by atoms with van der Waals surface area (Å²) in [6.45, 7) is 7.86. The molecule has 0 aliphatic rings. The Morgan fingerprint density at radius 1 is 1.04 bits per heavy atom. The number of carboxylic acids is 2. The van der Waals surface area contributed by atoms with E-state index in [0.29, 0.717) is 12.8 Å². The van der Waals surface area contributed by atoms with Gasteiger partial charge in [-0.15, -0.1) is 0 Å². The van der Waals surface area contributed by atoms with Gasteiger partial charge in [-0.2, -0.15) is 0 Å². The van der Waals surface area contributed by atoms with Gasteiger partial charge in [0.05, 0.1) is 0 Å². The highest BCUT2D eigenvalue weighted by atomic mass is 16.4. The monoisotopic (exact) mass is 322 g/mol. The van der Waals surface area contributed by atoms with Crippen LogP contribution >= 0.6 is 0 Å². The van der Waals surface area contributed by atoms with Gasteiger partial charge in [0.15, 0.2) is 5.92 Å². The van der Waals surface area contributed by atoms with Gasteiger partial charge in [-0.05, 0) is 41.4 Å². The van der Waals surface area contributed by atoms with Crippen molar-refractivity contribution in [2.45, 2.75) is 46.5 Å². The molecule has 2 atom stereocenters. The van der Waals surface area contributed by atoms with Crippen LogP contribution in [0.3, 0.4) is 0 Å². The smallest absolute Gasteiger partial charge is 0.318 e. The van der Waals surface area contributed by atoms with Gasteiger partial charge in [-0.3, -0.25) is 9.59 Å². The number of hydrogen-bond acceptors (Lipinski definition) is 3. The first-order valence-corrected chi connectivity index (χ1v) is 7.84. The fourth-order valence-corrected chi connectivity index (χ4v) is 3.40. The van der Waals surface area contributed by atoms with Crippen molar-refractivity contribution >= 4 is 11.9 Å². The van der Waals surface area contributed by atoms with Crippen LogP contribution in [0.5, 0.6) is 5.75 Å². The zero-order valence-corrected chi connectivity index (χ0v) is 14.1. The molecule has 128 valence electrons. The first-order chi connectivity index (χ1) is 10.6. The summed E-state index contributed by atoms with van der Waals surface area (Å²) in [7, 11) is 0. The van der Waals surface area contributed by atoms with Crippen LogP contribution in [0.15, 0.2) is 24.3 Å². The van der Waals surface area contributed by atoms with Gasteiger partial charge in [0.1, 0.15) is 5.75 Å². The van der Waals surface area contributed by atoms with Gasteiger partial charge in [0, 0.05) is 0 Å². The summed E-state index contributed by atoms with van der Waals surface area (Å²) < 4.78 is 0. The van der Waals surface area contributed by atoms with Crippen molar-refractivity contribution in [1.29, 1.82) is 0 Å². The van der Waals surface area contributed by atoms with Crippen LogP contribution in [0.4, 0.5) is 0 Å². The van der Waals surface area contributed by atoms with Crippen LogP contribution in [0.25, 0.3) is 0 Å². The third-order valence-corrected chi connectivity index (χ3v) is 4.20. The minimum Gasteiger partial charge on any atom is -0.508 e. The fraction of sp³-hybridized carbons (Fsp3) is 0.556. The summed E-state index contributed by atoms with van der Waals surface area (Å²) in [5, 5.41) is 28.3. The molecule has 0 amide bonds. The summed E-state index contributed by atoms with van der Waals surface area (Å²) >= 11 is 0. The van der Waals surface area contributed by atoms with E-state index in [1.54, 1.807) is 24.3 Å². The lowest BCUT2D eigenvalue weighted by Crippen LogP contribution is -2.39. The quantitative estimate of drug-likeness (QED) is 0.665. The summed E-state index contributed by atoms with van der Waals surface area (Å²) in [6.07, 6.45) is 1.21. The van der Waals surface area contributed by atoms with Gasteiger partial charge in [0.2, 0.25) is 0 Å². The van der Waals surface area contributed by atoms with Crippen LogP contribution < -0.4 is 0 Å². The molecule has 0 heterocycles. The maximum Gasteiger partial charge on any atom is 0.318 e. The van der Waals surface area contributed by atoms with Crippen molar-refractivity contribution in [3.63, 3.8) is 0 Å². The molecule has 5 nitrogen and oxygen atoms in total. The van der Waals surface area contributed by atoms with Gasteiger partial charge in [-0.1, -0.05) is 46.2 Å². The van der Waals surface area contributed by atoms with Crippen LogP contribution in [-0.4, -0.2) is 27.3 Å². The summed E-state index contributed by atoms with van der Waals surface area (Å²) in [5.41, 5.74) is 0.529. The number of phenolic OH excluding ortho intramolecular Hbond substituents is 1. The molecule has 1 aromatic carbocycles. The van der Waals surface area contributed by atoms with Crippen molar-refractivity contribution in [3.8, 4) is 5.75 Å². The number of benzene rings is 1. The van der Waals surface area contributed by atoms with Crippen LogP contribution in [0, 0.1) is 17.3 Å². The minimum atomic E-state index is -1.45. The van der Waals surface area contributed by atoms with E-state index in [0.717, 1.165) is 5.56 Å². The molecule has 0 saturated heterocycles. The Morgan fingerprint density at radius 2 is 1.52 bits per heavy atom. The first kappa shape index (κ1) is 19.0. The van der Waals surface area contributed by atoms with E-state index < -0.39 is 23.8 Å². The van der Waals surface area contributed by atoms with Crippen molar-refractivity contribution in [2.75, 3.05) is 0 Å². The Kier molecular flexibility index (Phi) is 6.19. The van der Waals surface area contributed by atoms with Crippen LogP contribution in [0.2, 0.25) is 0 Å². The molecule has 1 rings (SSSR count). The number of aliphatic carboxylic acids is 2. The maximum atomic E-state index is 11.6. The molecule has 0 aliphatic carbocycles. The molecule has 0 radical (unpaired) electrons. The van der Waals surface area contributed by atoms with E-state index in [2.05, 4.69) is 0 Å². The van der Waals surface area contributed by atoms with Gasteiger partial charge in [-0.25, -0.2) is 0 Å². The van der Waals surface area contributed by atoms with Gasteiger partial charge in [0.25, 0.3) is 0 Å². The third kappa shape index (κ3) is 4.71. The largest absolute Gasteiger partial charge is 0.508 e. The van der Waals surface area contributed by atoms with E-state index in [1.807, 2.05) is 27.7 Å². The molecule has 0 aromatic heterocycles. The van der Waals surface area contributed by atoms with Crippen molar-refractivity contribution in [3.05, 3.63) is 29.8 Å². The lowest BCUT2D eigenvalue weighted by atomic mass is 9.64. The normalized spacial score (nSPS) is 14.5. The molecule has 1 aromatic rings. The van der Waals surface area contributed by atoms with E-state index in [9.17, 15) is 24.9 Å². The molecule has 0 saturated carbocycles. The van der Waals surface area contributed by atoms with Gasteiger partial charge < -0.3 is 15.3 Å². The second-order valence-electron chi connectivity index (χ2n) is 7.04. The topological polar surface area (TPSA) is 94.8 Å². The number of rotatable bonds is 7. The zero-order chi connectivity index (χ0) is 17.8. The van der Waals surface area contributed by atoms with Crippen molar-refractivity contribution in [2.24, 2.45) is 17.3 Å². The van der Waals surface area contributed by atoms with E-state index in [-0.39, 0.29) is 17.1 Å². The average molecular weight is 322 g/mol. The predicted molar refractivity (Wildman–Crippen MR) is 87.5 cm³/mol. The van der Waals surface area contributed by atoms with Crippen molar-refractivity contribution in [1.82, 2.24) is 0 Å². The molecule has 2 unspecified atom stereocenters. The molecule has 0 aliphatic heterocycles. The highest BCUT2D eigenvalue weighted by Gasteiger charge is 2.43. The zero-order valence-electron chi connectivity index (χ0n) is 14.1. The summed E-state index contributed by atoms with van der Waals surface area (Å²) in [6, 6.07) is 6.59. The second-order valence-corrected chi connectivity index (χ2v) is 7.04. The number of hydrogen-bond donors (Lipinski definition) is 3. The molecule has 5 heteroatoms. The molecule has 0 bridgehead atoms. The lowest BCUT2D eigenvalue weighted by molar-refractivity contribution is -0.158. The number of aromatic hydroxyl groups is 1. The van der Waals surface area contributed by atoms with E-state index >= 15 is 0 Å². The Labute approximate surface area is 137 Å². The Bertz CT molecular complexity index is 528. The van der Waals surface area contributed by atoms with Crippen LogP contribution in [0.1, 0.15) is 52.0 Å². The molecular weight excluding hydrogens is 296 g/mol. The number of carbonyl (C=O) groups is 2. The lowest BCUT2D eigenvalue weighted by Gasteiger charge is -2.39. The number of carboxylic acid groups (broad SMARTS) is 2. The SMILES string of the molecule is CCCC(C(C(=O)O)C(=O)O)C(c1ccc(O)cc1)C(C)(C)C. The molecule has 0 spiro atoms. The average Bonchev–Trinajstić information content (AvgIpc) is 2.39. The third-order valence-electron chi connectivity index (χ3n) is 4.20. The molecule has 0 fully saturated rings. The van der Waals surface area contributed by atoms with Crippen molar-refractivity contribution < 1.29 is 24.9 Å². The second kappa shape index (κ2) is 7.49. The molecular formula is C18H26O5. The number of phenols is 1. The van der Waals surface area contributed by atoms with Gasteiger partial charge >= 0.3 is 11.9 Å². The predicted octanol–water partition coefficient (Wildman–Crippen LogP) is 3.72. The Balaban J connectivity index is 3.42. The first-order valence-electron chi connectivity index (χ1n) is 7.84.